The number of carbonyl (C=O) groups is 1. The van der Waals surface area contributed by atoms with E-state index >= 15 is 0 Å². The normalized spacial score (nSPS) is 12.1. The number of fused-ring (bicyclic) bond motifs is 1. The highest BCUT2D eigenvalue weighted by Gasteiger charge is 2.16. The van der Waals surface area contributed by atoms with Crippen LogP contribution in [0.1, 0.15) is 18.3 Å². The molecule has 6 nitrogen and oxygen atoms in total. The lowest BCUT2D eigenvalue weighted by Gasteiger charge is -2.13. The second kappa shape index (κ2) is 8.33. The highest BCUT2D eigenvalue weighted by molar-refractivity contribution is 7.99. The van der Waals surface area contributed by atoms with Crippen LogP contribution in [0.5, 0.6) is 5.75 Å². The molecule has 0 bridgehead atoms. The number of rotatable bonds is 6. The summed E-state index contributed by atoms with van der Waals surface area (Å²) in [5.74, 6) is 0.875. The third kappa shape index (κ3) is 4.45. The van der Waals surface area contributed by atoms with Crippen molar-refractivity contribution in [1.29, 1.82) is 0 Å². The van der Waals surface area contributed by atoms with E-state index in [-0.39, 0.29) is 16.7 Å². The predicted molar refractivity (Wildman–Crippen MR) is 111 cm³/mol. The largest absolute Gasteiger partial charge is 0.495 e. The molecule has 0 aliphatic rings. The minimum atomic E-state index is -0.323. The van der Waals surface area contributed by atoms with Gasteiger partial charge in [-0.05, 0) is 32.0 Å². The first-order chi connectivity index (χ1) is 12.9. The zero-order chi connectivity index (χ0) is 19.6. The van der Waals surface area contributed by atoms with Crippen LogP contribution in [0, 0.1) is 6.92 Å². The minimum absolute atomic E-state index is 0.0978. The summed E-state index contributed by atoms with van der Waals surface area (Å²) >= 11 is 8.92. The Morgan fingerprint density at radius 2 is 2.22 bits per heavy atom. The Morgan fingerprint density at radius 3 is 2.93 bits per heavy atom. The van der Waals surface area contributed by atoms with Crippen molar-refractivity contribution in [2.45, 2.75) is 24.9 Å². The van der Waals surface area contributed by atoms with E-state index in [2.05, 4.69) is 10.3 Å². The van der Waals surface area contributed by atoms with Crippen molar-refractivity contribution in [3.05, 3.63) is 56.4 Å². The van der Waals surface area contributed by atoms with E-state index in [0.717, 1.165) is 5.69 Å². The van der Waals surface area contributed by atoms with E-state index in [0.29, 0.717) is 32.9 Å². The molecule has 0 spiro atoms. The van der Waals surface area contributed by atoms with Crippen LogP contribution in [-0.2, 0) is 10.5 Å². The maximum absolute atomic E-state index is 12.4. The summed E-state index contributed by atoms with van der Waals surface area (Å²) in [4.78, 5) is 29.8. The number of nitrogens with zero attached hydrogens (tertiary/aromatic N) is 2. The van der Waals surface area contributed by atoms with Crippen LogP contribution in [0.25, 0.3) is 4.96 Å². The molecule has 0 aliphatic heterocycles. The van der Waals surface area contributed by atoms with Gasteiger partial charge in [-0.15, -0.1) is 23.1 Å². The Morgan fingerprint density at radius 1 is 1.44 bits per heavy atom. The van der Waals surface area contributed by atoms with Crippen LogP contribution in [-0.4, -0.2) is 27.7 Å². The van der Waals surface area contributed by atoms with Gasteiger partial charge in [0.2, 0.25) is 5.91 Å². The van der Waals surface area contributed by atoms with E-state index in [1.165, 1.54) is 36.3 Å². The van der Waals surface area contributed by atoms with Crippen LogP contribution >= 0.6 is 34.7 Å². The standard InChI is InChI=1S/C18H18ClN3O3S2/c1-10-8-27-18-21-13(7-16(23)22(10)18)9-26-11(2)17(24)20-12-4-5-15(25-3)14(19)6-12/h4-8,11H,9H2,1-3H3,(H,20,24). The molecule has 0 saturated heterocycles. The van der Waals surface area contributed by atoms with Gasteiger partial charge in [-0.25, -0.2) is 4.98 Å². The molecule has 2 aromatic heterocycles. The number of thiazole rings is 1. The molecule has 3 aromatic rings. The zero-order valence-electron chi connectivity index (χ0n) is 15.0. The first kappa shape index (κ1) is 19.7. The van der Waals surface area contributed by atoms with Crippen molar-refractivity contribution in [2.24, 2.45) is 0 Å². The van der Waals surface area contributed by atoms with Gasteiger partial charge in [0, 0.05) is 28.6 Å². The fourth-order valence-electron chi connectivity index (χ4n) is 2.45. The minimum Gasteiger partial charge on any atom is -0.495 e. The van der Waals surface area contributed by atoms with E-state index < -0.39 is 0 Å². The van der Waals surface area contributed by atoms with Crippen molar-refractivity contribution >= 4 is 51.3 Å². The number of methoxy groups -OCH3 is 1. The number of ether oxygens (including phenoxy) is 1. The van der Waals surface area contributed by atoms with Gasteiger partial charge in [0.25, 0.3) is 5.56 Å². The lowest BCUT2D eigenvalue weighted by Crippen LogP contribution is -2.23. The maximum atomic E-state index is 12.4. The summed E-state index contributed by atoms with van der Waals surface area (Å²) in [7, 11) is 1.53. The number of halogens is 1. The van der Waals surface area contributed by atoms with Gasteiger partial charge in [0.05, 0.1) is 23.1 Å². The van der Waals surface area contributed by atoms with E-state index in [1.807, 2.05) is 19.2 Å². The second-order valence-corrected chi connectivity index (χ2v) is 8.45. The van der Waals surface area contributed by atoms with Crippen LogP contribution in [0.3, 0.4) is 0 Å². The quantitative estimate of drug-likeness (QED) is 0.649. The molecule has 0 radical (unpaired) electrons. The number of aryl methyl sites for hydroxylation is 1. The lowest BCUT2D eigenvalue weighted by molar-refractivity contribution is -0.115. The second-order valence-electron chi connectivity index (χ2n) is 5.87. The van der Waals surface area contributed by atoms with Crippen LogP contribution in [0.15, 0.2) is 34.4 Å². The molecule has 0 aliphatic carbocycles. The van der Waals surface area contributed by atoms with Gasteiger partial charge in [0.1, 0.15) is 5.75 Å². The number of hydrogen-bond acceptors (Lipinski definition) is 6. The Hall–Kier alpha value is -2.03. The molecule has 3 rings (SSSR count). The fourth-order valence-corrected chi connectivity index (χ4v) is 4.38. The van der Waals surface area contributed by atoms with Crippen molar-refractivity contribution in [3.63, 3.8) is 0 Å². The molecule has 1 amide bonds. The van der Waals surface area contributed by atoms with Crippen molar-refractivity contribution < 1.29 is 9.53 Å². The topological polar surface area (TPSA) is 72.7 Å². The van der Waals surface area contributed by atoms with Crippen LogP contribution in [0.2, 0.25) is 5.02 Å². The highest BCUT2D eigenvalue weighted by atomic mass is 35.5. The Kier molecular flexibility index (Phi) is 6.08. The van der Waals surface area contributed by atoms with Gasteiger partial charge in [-0.1, -0.05) is 11.6 Å². The Bertz CT molecular complexity index is 1050. The monoisotopic (exact) mass is 423 g/mol. The molecule has 1 unspecified atom stereocenters. The number of aromatic nitrogens is 2. The van der Waals surface area contributed by atoms with Crippen LogP contribution < -0.4 is 15.6 Å². The summed E-state index contributed by atoms with van der Waals surface area (Å²) in [6.07, 6.45) is 0. The first-order valence-corrected chi connectivity index (χ1v) is 10.4. The molecule has 27 heavy (non-hydrogen) atoms. The van der Waals surface area contributed by atoms with Crippen molar-refractivity contribution in [2.75, 3.05) is 12.4 Å². The Labute approximate surface area is 169 Å². The first-order valence-electron chi connectivity index (χ1n) is 8.12. The molecule has 2 heterocycles. The molecule has 142 valence electrons. The van der Waals surface area contributed by atoms with E-state index in [1.54, 1.807) is 22.6 Å². The third-order valence-electron chi connectivity index (χ3n) is 3.90. The number of benzene rings is 1. The number of nitrogens with one attached hydrogen (secondary N) is 1. The predicted octanol–water partition coefficient (Wildman–Crippen LogP) is 3.99. The number of amides is 1. The van der Waals surface area contributed by atoms with E-state index in [4.69, 9.17) is 16.3 Å². The summed E-state index contributed by atoms with van der Waals surface area (Å²) in [5.41, 5.74) is 2.04. The molecular weight excluding hydrogens is 406 g/mol. The third-order valence-corrected chi connectivity index (χ3v) is 6.31. The van der Waals surface area contributed by atoms with Crippen molar-refractivity contribution in [1.82, 2.24) is 9.38 Å². The number of carbonyl (C=O) groups excluding carboxylic acids is 1. The lowest BCUT2D eigenvalue weighted by atomic mass is 10.3. The van der Waals surface area contributed by atoms with Gasteiger partial charge in [-0.3, -0.25) is 14.0 Å². The van der Waals surface area contributed by atoms with Gasteiger partial charge in [0.15, 0.2) is 4.96 Å². The molecular formula is C18H18ClN3O3S2. The average molecular weight is 424 g/mol. The average Bonchev–Trinajstić information content (AvgIpc) is 3.01. The van der Waals surface area contributed by atoms with Crippen LogP contribution in [0.4, 0.5) is 5.69 Å². The maximum Gasteiger partial charge on any atom is 0.258 e. The summed E-state index contributed by atoms with van der Waals surface area (Å²) in [6.45, 7) is 3.69. The molecule has 9 heteroatoms. The van der Waals surface area contributed by atoms with Crippen molar-refractivity contribution in [3.8, 4) is 5.75 Å². The summed E-state index contributed by atoms with van der Waals surface area (Å²) < 4.78 is 6.69. The smallest absolute Gasteiger partial charge is 0.258 e. The number of anilines is 1. The number of thioether (sulfide) groups is 1. The fraction of sp³-hybridized carbons (Fsp3) is 0.278. The highest BCUT2D eigenvalue weighted by Crippen LogP contribution is 2.28. The van der Waals surface area contributed by atoms with Gasteiger partial charge < -0.3 is 10.1 Å². The zero-order valence-corrected chi connectivity index (χ0v) is 17.4. The Balaban J connectivity index is 1.63. The van der Waals surface area contributed by atoms with Gasteiger partial charge in [-0.2, -0.15) is 0 Å². The SMILES string of the molecule is COc1ccc(NC(=O)C(C)SCc2cc(=O)n3c(C)csc3n2)cc1Cl. The summed E-state index contributed by atoms with van der Waals surface area (Å²) in [6, 6.07) is 6.60. The van der Waals surface area contributed by atoms with E-state index in [9.17, 15) is 9.59 Å². The molecule has 1 aromatic carbocycles. The molecule has 0 saturated carbocycles. The summed E-state index contributed by atoms with van der Waals surface area (Å²) in [5, 5.41) is 4.84. The van der Waals surface area contributed by atoms with Gasteiger partial charge >= 0.3 is 0 Å². The number of hydrogen-bond donors (Lipinski definition) is 1. The molecule has 1 atom stereocenters. The molecule has 0 fully saturated rings. The molecule has 1 N–H and O–H groups in total.